The van der Waals surface area contributed by atoms with Crippen LogP contribution < -0.4 is 10.2 Å². The summed E-state index contributed by atoms with van der Waals surface area (Å²) in [4.78, 5) is 25.4. The summed E-state index contributed by atoms with van der Waals surface area (Å²) in [6, 6.07) is 6.18. The van der Waals surface area contributed by atoms with E-state index < -0.39 is 0 Å². The van der Waals surface area contributed by atoms with Crippen LogP contribution in [-0.2, 0) is 0 Å². The van der Waals surface area contributed by atoms with Crippen molar-refractivity contribution in [1.29, 1.82) is 0 Å². The topological polar surface area (TPSA) is 61.4 Å². The van der Waals surface area contributed by atoms with Gasteiger partial charge in [-0.15, -0.1) is 0 Å². The van der Waals surface area contributed by atoms with Crippen molar-refractivity contribution < 1.29 is 4.79 Å². The zero-order valence-electron chi connectivity index (χ0n) is 18.5. The molecule has 0 atom stereocenters. The molecular formula is C25H26ClN5O. The van der Waals surface area contributed by atoms with Gasteiger partial charge in [0.2, 0.25) is 0 Å². The number of allylic oxidation sites excluding steroid dienone is 4. The third-order valence-corrected chi connectivity index (χ3v) is 5.86. The van der Waals surface area contributed by atoms with E-state index >= 15 is 0 Å². The minimum Gasteiger partial charge on any atom is -0.369 e. The number of amides is 1. The van der Waals surface area contributed by atoms with E-state index in [1.807, 2.05) is 37.3 Å². The summed E-state index contributed by atoms with van der Waals surface area (Å²) in [6.07, 6.45) is 8.76. The molecule has 0 unspecified atom stereocenters. The molecule has 1 aromatic carbocycles. The number of aryl methyl sites for hydroxylation is 1. The number of anilines is 1. The molecule has 0 bridgehead atoms. The smallest absolute Gasteiger partial charge is 0.259 e. The average molecular weight is 448 g/mol. The molecule has 2 heterocycles. The Morgan fingerprint density at radius 1 is 1.06 bits per heavy atom. The molecule has 2 aromatic rings. The summed E-state index contributed by atoms with van der Waals surface area (Å²) in [7, 11) is 2.15. The minimum atomic E-state index is -0.272. The van der Waals surface area contributed by atoms with Crippen molar-refractivity contribution in [3.8, 4) is 0 Å². The van der Waals surface area contributed by atoms with Gasteiger partial charge in [0.15, 0.2) is 0 Å². The summed E-state index contributed by atoms with van der Waals surface area (Å²) in [5, 5.41) is 3.58. The second-order valence-corrected chi connectivity index (χ2v) is 8.53. The number of rotatable bonds is 4. The fourth-order valence-electron chi connectivity index (χ4n) is 3.69. The molecule has 4 rings (SSSR count). The number of likely N-dealkylation sites (N-methyl/N-ethyl adjacent to an activating group) is 1. The first kappa shape index (κ1) is 22.0. The maximum atomic E-state index is 12.5. The molecule has 1 N–H and O–H groups in total. The number of carbonyl (C=O) groups is 1. The molecule has 6 nitrogen and oxygen atoms in total. The van der Waals surface area contributed by atoms with E-state index in [4.69, 9.17) is 11.6 Å². The predicted octanol–water partition coefficient (Wildman–Crippen LogP) is 4.00. The molecule has 2 aliphatic rings. The third kappa shape index (κ3) is 5.17. The van der Waals surface area contributed by atoms with Crippen LogP contribution >= 0.6 is 11.6 Å². The monoisotopic (exact) mass is 447 g/mol. The first-order valence-electron chi connectivity index (χ1n) is 10.6. The first-order valence-corrected chi connectivity index (χ1v) is 11.0. The summed E-state index contributed by atoms with van der Waals surface area (Å²) in [5.74, 6) is 0.351. The molecule has 1 fully saturated rings. The highest BCUT2D eigenvalue weighted by Crippen LogP contribution is 2.30. The van der Waals surface area contributed by atoms with Crippen molar-refractivity contribution in [3.05, 3.63) is 87.8 Å². The van der Waals surface area contributed by atoms with Crippen LogP contribution in [0.15, 0.2) is 65.8 Å². The number of halogens is 1. The van der Waals surface area contributed by atoms with Crippen molar-refractivity contribution >= 4 is 28.8 Å². The summed E-state index contributed by atoms with van der Waals surface area (Å²) >= 11 is 6.50. The Morgan fingerprint density at radius 3 is 2.50 bits per heavy atom. The van der Waals surface area contributed by atoms with Gasteiger partial charge < -0.3 is 15.1 Å². The fraction of sp³-hybridized carbons (Fsp3) is 0.280. The highest BCUT2D eigenvalue weighted by atomic mass is 35.5. The van der Waals surface area contributed by atoms with Crippen molar-refractivity contribution in [1.82, 2.24) is 20.2 Å². The number of nitrogens with zero attached hydrogens (tertiary/aromatic N) is 4. The van der Waals surface area contributed by atoms with E-state index in [9.17, 15) is 4.79 Å². The zero-order valence-corrected chi connectivity index (χ0v) is 19.3. The number of hydrogen-bond donors (Lipinski definition) is 1. The van der Waals surface area contributed by atoms with E-state index in [0.717, 1.165) is 48.6 Å². The molecule has 0 saturated carbocycles. The second-order valence-electron chi connectivity index (χ2n) is 8.09. The van der Waals surface area contributed by atoms with Gasteiger partial charge in [0.25, 0.3) is 5.91 Å². The first-order chi connectivity index (χ1) is 15.4. The molecule has 1 amide bonds. The number of hydrogen-bond acceptors (Lipinski definition) is 5. The van der Waals surface area contributed by atoms with Crippen LogP contribution in [0.2, 0.25) is 5.02 Å². The van der Waals surface area contributed by atoms with E-state index in [1.165, 1.54) is 12.4 Å². The van der Waals surface area contributed by atoms with Gasteiger partial charge in [0, 0.05) is 49.3 Å². The van der Waals surface area contributed by atoms with Crippen LogP contribution in [0.4, 0.5) is 5.69 Å². The van der Waals surface area contributed by atoms with Gasteiger partial charge in [-0.1, -0.05) is 23.4 Å². The molecule has 1 saturated heterocycles. The normalized spacial score (nSPS) is 16.8. The Bertz CT molecular complexity index is 1150. The second kappa shape index (κ2) is 9.53. The SMILES string of the molecule is CC1=C(c2cc(Cl)cc(N3CCN(C)CC3)c2)C=CC(NC(=O)c2cnc(C)nc2)=C=C1. The highest BCUT2D eigenvalue weighted by Gasteiger charge is 2.16. The molecule has 0 radical (unpaired) electrons. The molecule has 1 aliphatic heterocycles. The predicted molar refractivity (Wildman–Crippen MR) is 129 cm³/mol. The summed E-state index contributed by atoms with van der Waals surface area (Å²) in [5.41, 5.74) is 8.39. The fourth-order valence-corrected chi connectivity index (χ4v) is 3.92. The Kier molecular flexibility index (Phi) is 6.56. The molecular weight excluding hydrogens is 422 g/mol. The van der Waals surface area contributed by atoms with Gasteiger partial charge >= 0.3 is 0 Å². The van der Waals surface area contributed by atoms with Crippen LogP contribution in [0.3, 0.4) is 0 Å². The number of carbonyl (C=O) groups excluding carboxylic acids is 1. The number of aromatic nitrogens is 2. The number of benzene rings is 1. The van der Waals surface area contributed by atoms with Crippen LogP contribution in [0.5, 0.6) is 0 Å². The Balaban J connectivity index is 1.54. The Hall–Kier alpha value is -3.18. The van der Waals surface area contributed by atoms with Gasteiger partial charge in [-0.05, 0) is 68.0 Å². The lowest BCUT2D eigenvalue weighted by molar-refractivity contribution is 0.0966. The third-order valence-electron chi connectivity index (χ3n) is 5.64. The largest absolute Gasteiger partial charge is 0.369 e. The lowest BCUT2D eigenvalue weighted by Gasteiger charge is -2.34. The van der Waals surface area contributed by atoms with Gasteiger partial charge in [-0.3, -0.25) is 4.79 Å². The Labute approximate surface area is 193 Å². The maximum absolute atomic E-state index is 12.5. The van der Waals surface area contributed by atoms with Gasteiger partial charge in [-0.25, -0.2) is 9.97 Å². The molecule has 0 spiro atoms. The van der Waals surface area contributed by atoms with Crippen LogP contribution in [0.25, 0.3) is 5.57 Å². The van der Waals surface area contributed by atoms with Crippen molar-refractivity contribution in [2.24, 2.45) is 0 Å². The van der Waals surface area contributed by atoms with Gasteiger partial charge in [0.05, 0.1) is 11.3 Å². The van der Waals surface area contributed by atoms with E-state index in [0.29, 0.717) is 22.1 Å². The van der Waals surface area contributed by atoms with Crippen molar-refractivity contribution in [2.45, 2.75) is 13.8 Å². The molecule has 164 valence electrons. The zero-order chi connectivity index (χ0) is 22.7. The summed E-state index contributed by atoms with van der Waals surface area (Å²) < 4.78 is 0. The highest BCUT2D eigenvalue weighted by molar-refractivity contribution is 6.31. The van der Waals surface area contributed by atoms with E-state index in [2.05, 4.69) is 43.9 Å². The standard InChI is InChI=1S/C25H26ClN5O/c1-17-4-5-22(29-25(32)20-15-27-18(2)28-16-20)6-7-24(17)19-12-21(26)14-23(13-19)31-10-8-30(3)9-11-31/h4,6-7,12-16H,8-11H2,1-3H3,(H,29,32). The van der Waals surface area contributed by atoms with Crippen LogP contribution in [-0.4, -0.2) is 54.0 Å². The maximum Gasteiger partial charge on any atom is 0.259 e. The average Bonchev–Trinajstić information content (AvgIpc) is 2.95. The van der Waals surface area contributed by atoms with Crippen molar-refractivity contribution in [2.75, 3.05) is 38.1 Å². The number of piperazine rings is 1. The lowest BCUT2D eigenvalue weighted by atomic mass is 9.99. The van der Waals surface area contributed by atoms with Gasteiger partial charge in [-0.2, -0.15) is 0 Å². The molecule has 32 heavy (non-hydrogen) atoms. The number of nitrogens with one attached hydrogen (secondary N) is 1. The molecule has 7 heteroatoms. The van der Waals surface area contributed by atoms with Crippen LogP contribution in [0, 0.1) is 6.92 Å². The molecule has 1 aliphatic carbocycles. The van der Waals surface area contributed by atoms with Crippen molar-refractivity contribution in [3.63, 3.8) is 0 Å². The van der Waals surface area contributed by atoms with E-state index in [1.54, 1.807) is 6.92 Å². The van der Waals surface area contributed by atoms with Gasteiger partial charge in [0.1, 0.15) is 5.82 Å². The Morgan fingerprint density at radius 2 is 1.78 bits per heavy atom. The quantitative estimate of drug-likeness (QED) is 0.718. The van der Waals surface area contributed by atoms with E-state index in [-0.39, 0.29) is 5.91 Å². The molecule has 1 aromatic heterocycles. The minimum absolute atomic E-state index is 0.272. The van der Waals surface area contributed by atoms with Crippen LogP contribution in [0.1, 0.15) is 28.7 Å². The lowest BCUT2D eigenvalue weighted by Crippen LogP contribution is -2.44. The summed E-state index contributed by atoms with van der Waals surface area (Å²) in [6.45, 7) is 7.83.